The van der Waals surface area contributed by atoms with Gasteiger partial charge in [0.05, 0.1) is 10.5 Å². The van der Waals surface area contributed by atoms with Gasteiger partial charge in [0, 0.05) is 43.6 Å². The fraction of sp³-hybridized carbons (Fsp3) is 0.606. The number of benzene rings is 2. The summed E-state index contributed by atoms with van der Waals surface area (Å²) in [7, 11) is -4.42. The summed E-state index contributed by atoms with van der Waals surface area (Å²) in [6.45, 7) is 5.86. The van der Waals surface area contributed by atoms with Crippen molar-refractivity contribution in [1.82, 2.24) is 9.21 Å². The summed E-state index contributed by atoms with van der Waals surface area (Å²) in [6, 6.07) is 9.19. The lowest BCUT2D eigenvalue weighted by Gasteiger charge is -2.48. The van der Waals surface area contributed by atoms with E-state index in [9.17, 15) is 26.4 Å². The van der Waals surface area contributed by atoms with Crippen molar-refractivity contribution in [1.29, 1.82) is 0 Å². The fourth-order valence-corrected chi connectivity index (χ4v) is 10.6. The van der Waals surface area contributed by atoms with E-state index in [4.69, 9.17) is 0 Å². The number of piperazine rings is 1. The van der Waals surface area contributed by atoms with Crippen LogP contribution in [0.2, 0.25) is 0 Å². The third-order valence-corrected chi connectivity index (χ3v) is 13.1. The van der Waals surface area contributed by atoms with Crippen molar-refractivity contribution in [3.63, 3.8) is 0 Å². The average Bonchev–Trinajstić information content (AvgIpc) is 3.27. The van der Waals surface area contributed by atoms with Crippen LogP contribution in [0.3, 0.4) is 0 Å². The summed E-state index contributed by atoms with van der Waals surface area (Å²) in [5.74, 6) is 1.78. The van der Waals surface area contributed by atoms with Gasteiger partial charge in [0.2, 0.25) is 10.0 Å². The molecule has 0 aromatic heterocycles. The molecule has 1 aliphatic heterocycles. The molecule has 4 aliphatic rings. The predicted molar refractivity (Wildman–Crippen MR) is 156 cm³/mol. The Morgan fingerprint density at radius 1 is 1.00 bits per heavy atom. The van der Waals surface area contributed by atoms with Crippen LogP contribution < -0.4 is 0 Å². The Hall–Kier alpha value is -2.30. The van der Waals surface area contributed by atoms with Gasteiger partial charge >= 0.3 is 6.18 Å². The zero-order valence-corrected chi connectivity index (χ0v) is 25.7. The second-order valence-electron chi connectivity index (χ2n) is 13.5. The molecule has 2 aromatic rings. The number of Topliss-reactive ketones (excluding diaryl/α,β-unsaturated/α-hetero) is 1. The second kappa shape index (κ2) is 10.9. The summed E-state index contributed by atoms with van der Waals surface area (Å²) in [6.07, 6.45) is -0.600. The molecule has 5 nitrogen and oxygen atoms in total. The van der Waals surface area contributed by atoms with E-state index in [1.54, 1.807) is 13.8 Å². The molecule has 3 unspecified atom stereocenters. The highest BCUT2D eigenvalue weighted by atomic mass is 32.2. The van der Waals surface area contributed by atoms with Crippen molar-refractivity contribution in [3.05, 3.63) is 64.7 Å². The topological polar surface area (TPSA) is 57.7 Å². The number of carbonyl (C=O) groups excluding carboxylic acids is 1. The van der Waals surface area contributed by atoms with E-state index in [1.165, 1.54) is 23.3 Å². The van der Waals surface area contributed by atoms with Crippen LogP contribution in [0.25, 0.3) is 0 Å². The van der Waals surface area contributed by atoms with Gasteiger partial charge in [-0.25, -0.2) is 12.8 Å². The van der Waals surface area contributed by atoms with Crippen molar-refractivity contribution in [2.75, 3.05) is 19.6 Å². The molecule has 3 aliphatic carbocycles. The molecular weight excluding hydrogens is 580 g/mol. The van der Waals surface area contributed by atoms with Crippen LogP contribution in [0, 0.1) is 17.3 Å². The maximum absolute atomic E-state index is 15.8. The first-order valence-corrected chi connectivity index (χ1v) is 16.9. The van der Waals surface area contributed by atoms with Crippen LogP contribution in [0.15, 0.2) is 47.4 Å². The minimum atomic E-state index is -4.80. The van der Waals surface area contributed by atoms with Crippen molar-refractivity contribution in [2.24, 2.45) is 17.3 Å². The van der Waals surface area contributed by atoms with Crippen LogP contribution in [0.5, 0.6) is 0 Å². The Balaban J connectivity index is 1.14. The maximum atomic E-state index is 15.8. The summed E-state index contributed by atoms with van der Waals surface area (Å²) in [5, 5.41) is 0. The summed E-state index contributed by atoms with van der Waals surface area (Å²) in [5.41, 5.74) is 1.73. The third kappa shape index (κ3) is 5.25. The van der Waals surface area contributed by atoms with Gasteiger partial charge in [-0.15, -0.1) is 0 Å². The zero-order valence-electron chi connectivity index (χ0n) is 24.9. The Kier molecular flexibility index (Phi) is 7.82. The number of hydrogen-bond donors (Lipinski definition) is 0. The molecule has 0 bridgehead atoms. The van der Waals surface area contributed by atoms with Crippen LogP contribution in [-0.4, -0.2) is 55.1 Å². The first kappa shape index (κ1) is 30.7. The largest absolute Gasteiger partial charge is 0.417 e. The van der Waals surface area contributed by atoms with Crippen molar-refractivity contribution in [2.45, 2.75) is 94.5 Å². The van der Waals surface area contributed by atoms with E-state index in [2.05, 4.69) is 13.0 Å². The Morgan fingerprint density at radius 2 is 1.74 bits per heavy atom. The van der Waals surface area contributed by atoms with Gasteiger partial charge in [0.15, 0.2) is 0 Å². The number of nitrogens with zero attached hydrogens (tertiary/aromatic N) is 2. The second-order valence-corrected chi connectivity index (χ2v) is 15.3. The normalized spacial score (nSPS) is 32.6. The molecule has 0 N–H and O–H groups in total. The standard InChI is InChI=1S/C33H40F4N2O3S/c1-20-18-39(43(41,42)30-7-5-4-6-28(30)33(35,36)37)21(2)17-38(20)19-29(34)23-9-10-24-22(16-23)8-11-26-25(24)14-15-32(3)27(26)12-13-31(32)40/h4-7,9-10,16,20-21,25-27,29H,8,11-15,17-19H2,1-3H3/t20?,21?,25-,26-,27+,29?,32+/m1/s1. The third-order valence-electron chi connectivity index (χ3n) is 11.1. The minimum Gasteiger partial charge on any atom is -0.299 e. The quantitative estimate of drug-likeness (QED) is 0.341. The fourth-order valence-electron chi connectivity index (χ4n) is 8.69. The summed E-state index contributed by atoms with van der Waals surface area (Å²) in [4.78, 5) is 13.8. The molecule has 2 aromatic carbocycles. The van der Waals surface area contributed by atoms with Gasteiger partial charge in [-0.05, 0) is 92.5 Å². The lowest BCUT2D eigenvalue weighted by atomic mass is 9.55. The molecule has 10 heteroatoms. The molecular formula is C33H40F4N2O3S. The lowest BCUT2D eigenvalue weighted by molar-refractivity contribution is -0.140. The van der Waals surface area contributed by atoms with Crippen molar-refractivity contribution in [3.8, 4) is 0 Å². The molecule has 1 heterocycles. The van der Waals surface area contributed by atoms with Gasteiger partial charge in [-0.3, -0.25) is 9.69 Å². The number of hydrogen-bond acceptors (Lipinski definition) is 4. The van der Waals surface area contributed by atoms with E-state index >= 15 is 4.39 Å². The van der Waals surface area contributed by atoms with Gasteiger partial charge in [0.1, 0.15) is 12.0 Å². The number of rotatable bonds is 5. The van der Waals surface area contributed by atoms with Gasteiger partial charge in [-0.1, -0.05) is 37.3 Å². The highest BCUT2D eigenvalue weighted by molar-refractivity contribution is 7.89. The van der Waals surface area contributed by atoms with Crippen molar-refractivity contribution < 1.29 is 30.8 Å². The number of halogens is 4. The smallest absolute Gasteiger partial charge is 0.299 e. The highest BCUT2D eigenvalue weighted by Crippen LogP contribution is 2.59. The SMILES string of the molecule is CC1CN(S(=O)(=O)c2ccccc2C(F)(F)F)C(C)CN1CC(F)c1ccc2c(c1)CC[C@@H]1[C@@H]2CC[C@]2(C)C(=O)CC[C@@H]12. The van der Waals surface area contributed by atoms with Gasteiger partial charge < -0.3 is 0 Å². The van der Waals surface area contributed by atoms with Crippen LogP contribution in [-0.2, 0) is 27.4 Å². The Morgan fingerprint density at radius 3 is 2.49 bits per heavy atom. The van der Waals surface area contributed by atoms with E-state index in [1.807, 2.05) is 17.0 Å². The summed E-state index contributed by atoms with van der Waals surface area (Å²) >= 11 is 0. The number of carbonyl (C=O) groups is 1. The molecule has 3 fully saturated rings. The zero-order chi connectivity index (χ0) is 30.9. The lowest BCUT2D eigenvalue weighted by Crippen LogP contribution is -2.58. The molecule has 2 saturated carbocycles. The predicted octanol–water partition coefficient (Wildman–Crippen LogP) is 6.92. The maximum Gasteiger partial charge on any atom is 0.417 e. The van der Waals surface area contributed by atoms with Gasteiger partial charge in [-0.2, -0.15) is 17.5 Å². The van der Waals surface area contributed by atoms with Crippen molar-refractivity contribution >= 4 is 15.8 Å². The minimum absolute atomic E-state index is 0.0295. The molecule has 6 rings (SSSR count). The van der Waals surface area contributed by atoms with Crippen LogP contribution in [0.1, 0.15) is 87.2 Å². The number of sulfonamides is 1. The van der Waals surface area contributed by atoms with E-state index < -0.39 is 38.9 Å². The molecule has 7 atom stereocenters. The first-order valence-electron chi connectivity index (χ1n) is 15.4. The highest BCUT2D eigenvalue weighted by Gasteiger charge is 2.54. The number of aryl methyl sites for hydroxylation is 1. The Labute approximate surface area is 251 Å². The molecule has 1 saturated heterocycles. The molecule has 0 amide bonds. The summed E-state index contributed by atoms with van der Waals surface area (Å²) < 4.78 is 84.6. The van der Waals surface area contributed by atoms with Crippen LogP contribution >= 0.6 is 0 Å². The number of ketones is 1. The average molecular weight is 621 g/mol. The van der Waals surface area contributed by atoms with Gasteiger partial charge in [0.25, 0.3) is 0 Å². The van der Waals surface area contributed by atoms with Crippen LogP contribution in [0.4, 0.5) is 17.6 Å². The van der Waals surface area contributed by atoms with E-state index in [0.29, 0.717) is 35.5 Å². The van der Waals surface area contributed by atoms with E-state index in [-0.39, 0.29) is 31.1 Å². The molecule has 43 heavy (non-hydrogen) atoms. The first-order chi connectivity index (χ1) is 20.2. The Bertz CT molecular complexity index is 1510. The molecule has 0 radical (unpaired) electrons. The monoisotopic (exact) mass is 620 g/mol. The number of fused-ring (bicyclic) bond motifs is 5. The number of alkyl halides is 4. The molecule has 0 spiro atoms. The molecule has 234 valence electrons. The van der Waals surface area contributed by atoms with E-state index in [0.717, 1.165) is 48.5 Å².